The van der Waals surface area contributed by atoms with Crippen LogP contribution in [0.5, 0.6) is 0 Å². The molecule has 0 saturated carbocycles. The summed E-state index contributed by atoms with van der Waals surface area (Å²) in [7, 11) is 0. The van der Waals surface area contributed by atoms with Gasteiger partial charge in [0.15, 0.2) is 0 Å². The van der Waals surface area contributed by atoms with Crippen LogP contribution in [0, 0.1) is 0 Å². The summed E-state index contributed by atoms with van der Waals surface area (Å²) < 4.78 is 36.9. The SMILES string of the molecule is FC(F)(F)c1ccc(CNC2=C=CC=C2)cc1. The van der Waals surface area contributed by atoms with Gasteiger partial charge in [-0.25, -0.2) is 0 Å². The molecule has 0 saturated heterocycles. The highest BCUT2D eigenvalue weighted by Gasteiger charge is 2.29. The molecule has 0 aromatic heterocycles. The van der Waals surface area contributed by atoms with E-state index < -0.39 is 11.7 Å². The van der Waals surface area contributed by atoms with Gasteiger partial charge in [-0.05, 0) is 29.8 Å². The Kier molecular flexibility index (Phi) is 3.07. The van der Waals surface area contributed by atoms with Crippen LogP contribution < -0.4 is 5.32 Å². The first-order chi connectivity index (χ1) is 8.05. The highest BCUT2D eigenvalue weighted by molar-refractivity contribution is 5.29. The summed E-state index contributed by atoms with van der Waals surface area (Å²) in [5.74, 6) is 0. The molecule has 0 fully saturated rings. The summed E-state index contributed by atoms with van der Waals surface area (Å²) in [5, 5.41) is 3.06. The fourth-order valence-corrected chi connectivity index (χ4v) is 1.45. The van der Waals surface area contributed by atoms with E-state index in [9.17, 15) is 13.2 Å². The van der Waals surface area contributed by atoms with Crippen molar-refractivity contribution >= 4 is 0 Å². The molecular weight excluding hydrogens is 227 g/mol. The Balaban J connectivity index is 1.99. The number of rotatable bonds is 3. The Morgan fingerprint density at radius 3 is 2.35 bits per heavy atom. The molecule has 1 aromatic rings. The molecule has 2 rings (SSSR count). The van der Waals surface area contributed by atoms with Gasteiger partial charge in [-0.2, -0.15) is 13.2 Å². The van der Waals surface area contributed by atoms with Crippen molar-refractivity contribution in [1.29, 1.82) is 0 Å². The van der Waals surface area contributed by atoms with Crippen molar-refractivity contribution in [3.8, 4) is 0 Å². The van der Waals surface area contributed by atoms with Crippen molar-refractivity contribution < 1.29 is 13.2 Å². The van der Waals surface area contributed by atoms with Gasteiger partial charge in [-0.1, -0.05) is 23.9 Å². The fourth-order valence-electron chi connectivity index (χ4n) is 1.45. The van der Waals surface area contributed by atoms with E-state index in [1.54, 1.807) is 6.08 Å². The molecule has 0 amide bonds. The summed E-state index contributed by atoms with van der Waals surface area (Å²) >= 11 is 0. The van der Waals surface area contributed by atoms with Crippen molar-refractivity contribution in [3.05, 3.63) is 65.0 Å². The number of benzene rings is 1. The second-order valence-corrected chi connectivity index (χ2v) is 3.63. The molecule has 88 valence electrons. The third-order valence-corrected chi connectivity index (χ3v) is 2.36. The average molecular weight is 237 g/mol. The molecule has 0 heterocycles. The number of allylic oxidation sites excluding steroid dienone is 2. The average Bonchev–Trinajstić information content (AvgIpc) is 2.78. The van der Waals surface area contributed by atoms with Crippen LogP contribution in [0.2, 0.25) is 0 Å². The van der Waals surface area contributed by atoms with Gasteiger partial charge >= 0.3 is 6.18 Å². The molecule has 1 aromatic carbocycles. The van der Waals surface area contributed by atoms with Crippen LogP contribution in [0.25, 0.3) is 0 Å². The summed E-state index contributed by atoms with van der Waals surface area (Å²) in [5.41, 5.74) is 3.96. The molecule has 0 atom stereocenters. The molecule has 0 radical (unpaired) electrons. The predicted molar refractivity (Wildman–Crippen MR) is 59.0 cm³/mol. The van der Waals surface area contributed by atoms with E-state index in [-0.39, 0.29) is 0 Å². The Morgan fingerprint density at radius 1 is 1.12 bits per heavy atom. The summed E-state index contributed by atoms with van der Waals surface area (Å²) in [6, 6.07) is 5.12. The highest BCUT2D eigenvalue weighted by atomic mass is 19.4. The van der Waals surface area contributed by atoms with Gasteiger partial charge in [0.1, 0.15) is 0 Å². The Morgan fingerprint density at radius 2 is 1.82 bits per heavy atom. The number of halogens is 3. The first-order valence-corrected chi connectivity index (χ1v) is 5.09. The molecule has 0 bridgehead atoms. The molecule has 0 aliphatic heterocycles. The maximum absolute atomic E-state index is 12.3. The zero-order chi connectivity index (χ0) is 12.3. The number of nitrogens with one attached hydrogen (secondary N) is 1. The lowest BCUT2D eigenvalue weighted by atomic mass is 10.1. The van der Waals surface area contributed by atoms with E-state index in [4.69, 9.17) is 0 Å². The standard InChI is InChI=1S/C13H10F3N/c14-13(15,16)11-7-5-10(6-8-11)9-17-12-3-1-2-4-12/h1-3,5-8,17H,9H2. The van der Waals surface area contributed by atoms with Crippen LogP contribution in [0.15, 0.2) is 53.9 Å². The van der Waals surface area contributed by atoms with Gasteiger partial charge in [0.2, 0.25) is 0 Å². The third-order valence-electron chi connectivity index (χ3n) is 2.36. The van der Waals surface area contributed by atoms with Crippen molar-refractivity contribution in [1.82, 2.24) is 5.32 Å². The molecule has 1 aliphatic rings. The van der Waals surface area contributed by atoms with Crippen molar-refractivity contribution in [2.24, 2.45) is 0 Å². The zero-order valence-corrected chi connectivity index (χ0v) is 8.88. The normalized spacial score (nSPS) is 13.9. The lowest BCUT2D eigenvalue weighted by Gasteiger charge is -2.08. The number of hydrogen-bond acceptors (Lipinski definition) is 1. The Bertz CT molecular complexity index is 488. The summed E-state index contributed by atoms with van der Waals surface area (Å²) in [6.07, 6.45) is 1.19. The van der Waals surface area contributed by atoms with Crippen LogP contribution in [0.3, 0.4) is 0 Å². The topological polar surface area (TPSA) is 12.0 Å². The van der Waals surface area contributed by atoms with Crippen molar-refractivity contribution in [3.63, 3.8) is 0 Å². The van der Waals surface area contributed by atoms with E-state index >= 15 is 0 Å². The maximum Gasteiger partial charge on any atom is 0.416 e. The summed E-state index contributed by atoms with van der Waals surface area (Å²) in [6.45, 7) is 0.485. The van der Waals surface area contributed by atoms with Gasteiger partial charge in [0, 0.05) is 6.54 Å². The smallest absolute Gasteiger partial charge is 0.375 e. The van der Waals surface area contributed by atoms with E-state index in [2.05, 4.69) is 11.0 Å². The van der Waals surface area contributed by atoms with Gasteiger partial charge in [0.05, 0.1) is 11.3 Å². The molecule has 4 heteroatoms. The minimum atomic E-state index is -4.27. The fraction of sp³-hybridized carbons (Fsp3) is 0.154. The van der Waals surface area contributed by atoms with Crippen molar-refractivity contribution in [2.75, 3.05) is 0 Å². The van der Waals surface area contributed by atoms with E-state index in [1.165, 1.54) is 12.1 Å². The lowest BCUT2D eigenvalue weighted by molar-refractivity contribution is -0.137. The van der Waals surface area contributed by atoms with Gasteiger partial charge in [-0.3, -0.25) is 0 Å². The molecular formula is C13H10F3N. The Labute approximate surface area is 97.0 Å². The first kappa shape index (κ1) is 11.6. The molecule has 1 aliphatic carbocycles. The highest BCUT2D eigenvalue weighted by Crippen LogP contribution is 2.29. The maximum atomic E-state index is 12.3. The molecule has 0 spiro atoms. The minimum Gasteiger partial charge on any atom is -0.375 e. The van der Waals surface area contributed by atoms with Gasteiger partial charge in [-0.15, -0.1) is 0 Å². The zero-order valence-electron chi connectivity index (χ0n) is 8.88. The van der Waals surface area contributed by atoms with Crippen molar-refractivity contribution in [2.45, 2.75) is 12.7 Å². The van der Waals surface area contributed by atoms with E-state index in [0.29, 0.717) is 6.54 Å². The largest absolute Gasteiger partial charge is 0.416 e. The summed E-state index contributed by atoms with van der Waals surface area (Å²) in [4.78, 5) is 0. The van der Waals surface area contributed by atoms with E-state index in [1.807, 2.05) is 12.2 Å². The minimum absolute atomic E-state index is 0.485. The number of alkyl halides is 3. The van der Waals surface area contributed by atoms with Gasteiger partial charge < -0.3 is 5.32 Å². The van der Waals surface area contributed by atoms with E-state index in [0.717, 1.165) is 23.4 Å². The number of hydrogen-bond donors (Lipinski definition) is 1. The molecule has 1 nitrogen and oxygen atoms in total. The monoisotopic (exact) mass is 237 g/mol. The first-order valence-electron chi connectivity index (χ1n) is 5.09. The third kappa shape index (κ3) is 3.02. The Hall–Kier alpha value is -1.93. The lowest BCUT2D eigenvalue weighted by Crippen LogP contribution is -2.10. The van der Waals surface area contributed by atoms with Crippen LogP contribution in [-0.2, 0) is 12.7 Å². The molecule has 17 heavy (non-hydrogen) atoms. The van der Waals surface area contributed by atoms with Crippen LogP contribution in [0.4, 0.5) is 13.2 Å². The predicted octanol–water partition coefficient (Wildman–Crippen LogP) is 3.40. The van der Waals surface area contributed by atoms with Gasteiger partial charge in [0.25, 0.3) is 0 Å². The second kappa shape index (κ2) is 4.52. The second-order valence-electron chi connectivity index (χ2n) is 3.63. The molecule has 0 unspecified atom stereocenters. The van der Waals surface area contributed by atoms with Crippen LogP contribution in [0.1, 0.15) is 11.1 Å². The van der Waals surface area contributed by atoms with Crippen LogP contribution in [-0.4, -0.2) is 0 Å². The quantitative estimate of drug-likeness (QED) is 0.794. The molecule has 1 N–H and O–H groups in total. The van der Waals surface area contributed by atoms with Crippen LogP contribution >= 0.6 is 0 Å².